The molecule has 0 saturated carbocycles. The molecule has 0 bridgehead atoms. The van der Waals surface area contributed by atoms with Gasteiger partial charge in [-0.05, 0) is 51.5 Å². The van der Waals surface area contributed by atoms with Gasteiger partial charge in [-0.1, -0.05) is 13.8 Å². The minimum absolute atomic E-state index is 0.0664. The maximum absolute atomic E-state index is 13.2. The molecule has 0 radical (unpaired) electrons. The average molecular weight is 660 g/mol. The van der Waals surface area contributed by atoms with Crippen molar-refractivity contribution in [3.05, 3.63) is 0 Å². The molecule has 0 aromatic carbocycles. The van der Waals surface area contributed by atoms with Crippen LogP contribution in [0.3, 0.4) is 0 Å². The second-order valence-electron chi connectivity index (χ2n) is 11.2. The van der Waals surface area contributed by atoms with E-state index in [9.17, 15) is 38.4 Å². The Bertz CT molecular complexity index is 1090. The van der Waals surface area contributed by atoms with Gasteiger partial charge in [0, 0.05) is 6.42 Å². The second-order valence-corrected chi connectivity index (χ2v) is 11.2. The summed E-state index contributed by atoms with van der Waals surface area (Å²) in [4.78, 5) is 98.5. The molecule has 0 saturated heterocycles. The van der Waals surface area contributed by atoms with E-state index in [4.69, 9.17) is 33.1 Å². The van der Waals surface area contributed by atoms with Crippen LogP contribution in [0.25, 0.3) is 0 Å². The molecular weight excluding hydrogens is 610 g/mol. The summed E-state index contributed by atoms with van der Waals surface area (Å²) in [6, 6.07) is -8.17. The highest BCUT2D eigenvalue weighted by Crippen LogP contribution is 2.07. The van der Waals surface area contributed by atoms with E-state index in [1.807, 2.05) is 19.2 Å². The first kappa shape index (κ1) is 41.6. The number of carboxylic acids is 1. The number of hydrogen-bond acceptors (Lipinski definition) is 11. The molecule has 0 unspecified atom stereocenters. The molecule has 0 aromatic heterocycles. The van der Waals surface area contributed by atoms with Gasteiger partial charge in [0.1, 0.15) is 30.2 Å². The van der Waals surface area contributed by atoms with Gasteiger partial charge in [0.25, 0.3) is 0 Å². The van der Waals surface area contributed by atoms with Crippen LogP contribution in [0.5, 0.6) is 0 Å². The van der Waals surface area contributed by atoms with Crippen LogP contribution in [0, 0.1) is 5.92 Å². The molecule has 19 heteroatoms. The Morgan fingerprint density at radius 3 is 1.65 bits per heavy atom. The van der Waals surface area contributed by atoms with Gasteiger partial charge in [-0.3, -0.25) is 33.6 Å². The maximum atomic E-state index is 13.2. The summed E-state index contributed by atoms with van der Waals surface area (Å²) in [7, 11) is 0. The quantitative estimate of drug-likeness (QED) is 0.0460. The molecule has 0 fully saturated rings. The standard InChI is InChI=1S/C27H49N9O10/c1-13(2)10-15(29)23(41)33-17(7-8-20(30)38)25(43)34-16(6-4-5-9-28)24(42)32-14(3)22(40)35-18(11-21(31)39)26(44)36-19(12-37)27(45)46/h13-19,37H,4-12,28-29H2,1-3H3,(H2,30,38)(H2,31,39)(H,32,42)(H,33,41)(H,34,43)(H,35,40)(H,36,44)(H,45,46)/t14-,15-,16-,17-,18-,19-/m0/s1. The van der Waals surface area contributed by atoms with Crippen LogP contribution < -0.4 is 49.5 Å². The number of aliphatic hydroxyl groups excluding tert-OH is 1. The van der Waals surface area contributed by atoms with Gasteiger partial charge in [0.15, 0.2) is 0 Å². The third kappa shape index (κ3) is 16.6. The number of aliphatic carboxylic acids is 1. The van der Waals surface area contributed by atoms with E-state index < -0.39 is 96.6 Å². The summed E-state index contributed by atoms with van der Waals surface area (Å²) in [5.74, 6) is -7.62. The zero-order chi connectivity index (χ0) is 35.6. The molecule has 0 rings (SSSR count). The Kier molecular flexibility index (Phi) is 19.4. The highest BCUT2D eigenvalue weighted by molar-refractivity contribution is 5.97. The van der Waals surface area contributed by atoms with Crippen molar-refractivity contribution in [2.24, 2.45) is 28.9 Å². The largest absolute Gasteiger partial charge is 0.480 e. The number of amides is 7. The Hall–Kier alpha value is -4.36. The van der Waals surface area contributed by atoms with Crippen LogP contribution in [0.15, 0.2) is 0 Å². The summed E-state index contributed by atoms with van der Waals surface area (Å²) < 4.78 is 0. The Morgan fingerprint density at radius 2 is 1.15 bits per heavy atom. The third-order valence-corrected chi connectivity index (χ3v) is 6.54. The first-order chi connectivity index (χ1) is 21.4. The minimum Gasteiger partial charge on any atom is -0.480 e. The molecule has 0 aromatic rings. The fourth-order valence-electron chi connectivity index (χ4n) is 4.03. The van der Waals surface area contributed by atoms with Crippen molar-refractivity contribution >= 4 is 47.3 Å². The van der Waals surface area contributed by atoms with Gasteiger partial charge in [0.05, 0.1) is 19.1 Å². The lowest BCUT2D eigenvalue weighted by Gasteiger charge is -2.26. The maximum Gasteiger partial charge on any atom is 0.328 e. The highest BCUT2D eigenvalue weighted by Gasteiger charge is 2.32. The summed E-state index contributed by atoms with van der Waals surface area (Å²) in [6.07, 6.45) is 0.0812. The first-order valence-electron chi connectivity index (χ1n) is 14.8. The number of primary amides is 2. The van der Waals surface area contributed by atoms with Crippen LogP contribution in [0.2, 0.25) is 0 Å². The summed E-state index contributed by atoms with van der Waals surface area (Å²) in [6.45, 7) is 4.27. The minimum atomic E-state index is -1.72. The number of nitrogens with one attached hydrogen (secondary N) is 5. The van der Waals surface area contributed by atoms with Crippen LogP contribution in [-0.2, 0) is 38.4 Å². The summed E-state index contributed by atoms with van der Waals surface area (Å²) >= 11 is 0. The lowest BCUT2D eigenvalue weighted by Crippen LogP contribution is -2.59. The molecular formula is C27H49N9O10. The summed E-state index contributed by atoms with van der Waals surface area (Å²) in [5.41, 5.74) is 21.8. The number of aliphatic hydroxyl groups is 1. The van der Waals surface area contributed by atoms with Crippen molar-refractivity contribution < 1.29 is 48.6 Å². The third-order valence-electron chi connectivity index (χ3n) is 6.54. The van der Waals surface area contributed by atoms with Gasteiger partial charge < -0.3 is 59.7 Å². The van der Waals surface area contributed by atoms with E-state index in [1.165, 1.54) is 6.92 Å². The normalized spacial score (nSPS) is 14.8. The lowest BCUT2D eigenvalue weighted by molar-refractivity contribution is -0.143. The van der Waals surface area contributed by atoms with Crippen LogP contribution in [0.1, 0.15) is 65.7 Å². The van der Waals surface area contributed by atoms with Crippen molar-refractivity contribution in [1.82, 2.24) is 26.6 Å². The van der Waals surface area contributed by atoms with Gasteiger partial charge >= 0.3 is 5.97 Å². The first-order valence-corrected chi connectivity index (χ1v) is 14.8. The lowest BCUT2D eigenvalue weighted by atomic mass is 10.0. The average Bonchev–Trinajstić information content (AvgIpc) is 2.95. The number of rotatable bonds is 23. The van der Waals surface area contributed by atoms with E-state index in [0.717, 1.165) is 0 Å². The Balaban J connectivity index is 5.79. The van der Waals surface area contributed by atoms with E-state index in [-0.39, 0.29) is 31.7 Å². The number of carbonyl (C=O) groups is 8. The molecule has 0 aliphatic heterocycles. The van der Waals surface area contributed by atoms with Crippen molar-refractivity contribution in [3.8, 4) is 0 Å². The monoisotopic (exact) mass is 659 g/mol. The van der Waals surface area contributed by atoms with Gasteiger partial charge in [0.2, 0.25) is 41.4 Å². The predicted octanol–water partition coefficient (Wildman–Crippen LogP) is -4.85. The Labute approximate surface area is 266 Å². The molecule has 46 heavy (non-hydrogen) atoms. The SMILES string of the molecule is CC(C)C[C@H](N)C(=O)N[C@@H](CCC(N)=O)C(=O)N[C@@H](CCCCN)C(=O)N[C@@H](C)C(=O)N[C@@H](CC(N)=O)C(=O)N[C@@H](CO)C(=O)O. The summed E-state index contributed by atoms with van der Waals surface area (Å²) in [5, 5.41) is 29.8. The van der Waals surface area contributed by atoms with E-state index >= 15 is 0 Å². The highest BCUT2D eigenvalue weighted by atomic mass is 16.4. The van der Waals surface area contributed by atoms with Gasteiger partial charge in [-0.25, -0.2) is 4.79 Å². The van der Waals surface area contributed by atoms with Crippen molar-refractivity contribution in [2.45, 2.75) is 102 Å². The van der Waals surface area contributed by atoms with Crippen molar-refractivity contribution in [1.29, 1.82) is 0 Å². The molecule has 0 heterocycles. The van der Waals surface area contributed by atoms with Gasteiger partial charge in [-0.2, -0.15) is 0 Å². The zero-order valence-corrected chi connectivity index (χ0v) is 26.4. The van der Waals surface area contributed by atoms with E-state index in [0.29, 0.717) is 19.3 Å². The van der Waals surface area contributed by atoms with Crippen molar-refractivity contribution in [3.63, 3.8) is 0 Å². The predicted molar refractivity (Wildman–Crippen MR) is 163 cm³/mol. The molecule has 7 amide bonds. The number of unbranched alkanes of at least 4 members (excludes halogenated alkanes) is 1. The molecule has 6 atom stereocenters. The van der Waals surface area contributed by atoms with Crippen LogP contribution >= 0.6 is 0 Å². The van der Waals surface area contributed by atoms with Crippen LogP contribution in [-0.4, -0.2) is 107 Å². The molecule has 0 aliphatic carbocycles. The topological polar surface area (TPSA) is 341 Å². The molecule has 15 N–H and O–H groups in total. The number of hydrogen-bond donors (Lipinski definition) is 11. The smallest absolute Gasteiger partial charge is 0.328 e. The number of carbonyl (C=O) groups excluding carboxylic acids is 7. The number of nitrogens with two attached hydrogens (primary N) is 4. The van der Waals surface area contributed by atoms with Gasteiger partial charge in [-0.15, -0.1) is 0 Å². The Morgan fingerprint density at radius 1 is 0.652 bits per heavy atom. The van der Waals surface area contributed by atoms with E-state index in [1.54, 1.807) is 0 Å². The van der Waals surface area contributed by atoms with E-state index in [2.05, 4.69) is 21.3 Å². The van der Waals surface area contributed by atoms with Crippen molar-refractivity contribution in [2.75, 3.05) is 13.2 Å². The van der Waals surface area contributed by atoms with Crippen LogP contribution in [0.4, 0.5) is 0 Å². The second kappa shape index (κ2) is 21.4. The molecule has 0 spiro atoms. The fourth-order valence-corrected chi connectivity index (χ4v) is 4.03. The number of carboxylic acid groups (broad SMARTS) is 1. The molecule has 0 aliphatic rings. The molecule has 262 valence electrons. The zero-order valence-electron chi connectivity index (χ0n) is 26.4. The fraction of sp³-hybridized carbons (Fsp3) is 0.704. The molecule has 19 nitrogen and oxygen atoms in total.